The van der Waals surface area contributed by atoms with Crippen LogP contribution in [-0.2, 0) is 4.79 Å². The number of rotatable bonds is 1. The molecule has 2 nitrogen and oxygen atoms in total. The number of hydrogen-bond donors (Lipinski definition) is 1. The SMILES string of the molecule is [2H]C(O)C=O. The number of aldehydes is 1. The van der Waals surface area contributed by atoms with Crippen molar-refractivity contribution in [2.45, 2.75) is 0 Å². The third-order valence-corrected chi connectivity index (χ3v) is 0.0609. The molecule has 0 rings (SSSR count). The normalized spacial score (nSPS) is 17.8. The second-order valence-electron chi connectivity index (χ2n) is 0.285. The summed E-state index contributed by atoms with van der Waals surface area (Å²) in [5.74, 6) is 0. The summed E-state index contributed by atoms with van der Waals surface area (Å²) in [4.78, 5) is 9.07. The van der Waals surface area contributed by atoms with Gasteiger partial charge in [-0.25, -0.2) is 0 Å². The lowest BCUT2D eigenvalue weighted by atomic mass is 10.9. The molecule has 0 heterocycles. The van der Waals surface area contributed by atoms with Gasteiger partial charge in [0.2, 0.25) is 0 Å². The molecule has 0 saturated carbocycles. The van der Waals surface area contributed by atoms with Gasteiger partial charge in [0, 0.05) is 0 Å². The molecule has 1 atom stereocenters. The lowest BCUT2D eigenvalue weighted by molar-refractivity contribution is -0.110. The number of aliphatic hydroxyl groups excluding tert-OH is 1. The Morgan fingerprint density at radius 2 is 2.75 bits per heavy atom. The third-order valence-electron chi connectivity index (χ3n) is 0.0609. The largest absolute Gasteiger partial charge is 0.389 e. The van der Waals surface area contributed by atoms with Crippen molar-refractivity contribution >= 4 is 6.29 Å². The van der Waals surface area contributed by atoms with Crippen molar-refractivity contribution in [3.05, 3.63) is 0 Å². The van der Waals surface area contributed by atoms with Gasteiger partial charge in [0.15, 0.2) is 0 Å². The fourth-order valence-corrected chi connectivity index (χ4v) is 0. The highest BCUT2D eigenvalue weighted by atomic mass is 16.3. The summed E-state index contributed by atoms with van der Waals surface area (Å²) in [6.45, 7) is -1.55. The first-order chi connectivity index (χ1) is 2.27. The number of carbonyl (C=O) groups is 1. The molecule has 0 radical (unpaired) electrons. The summed E-state index contributed by atoms with van der Waals surface area (Å²) in [7, 11) is 0. The Kier molecular flexibility index (Phi) is 1.25. The minimum atomic E-state index is -1.55. The van der Waals surface area contributed by atoms with Crippen LogP contribution in [-0.4, -0.2) is 18.0 Å². The first kappa shape index (κ1) is 1.91. The summed E-state index contributed by atoms with van der Waals surface area (Å²) in [6.07, 6.45) is 0.139. The van der Waals surface area contributed by atoms with Gasteiger partial charge in [0.25, 0.3) is 0 Å². The molecule has 24 valence electrons. The summed E-state index contributed by atoms with van der Waals surface area (Å²) in [5, 5.41) is 7.66. The van der Waals surface area contributed by atoms with Crippen LogP contribution in [0.3, 0.4) is 0 Å². The second-order valence-corrected chi connectivity index (χ2v) is 0.285. The number of hydrogen-bond acceptors (Lipinski definition) is 2. The van der Waals surface area contributed by atoms with E-state index in [2.05, 4.69) is 0 Å². The van der Waals surface area contributed by atoms with Crippen molar-refractivity contribution in [2.75, 3.05) is 6.58 Å². The summed E-state index contributed by atoms with van der Waals surface area (Å²) in [6, 6.07) is 0. The zero-order chi connectivity index (χ0) is 4.28. The van der Waals surface area contributed by atoms with Gasteiger partial charge in [0.05, 0.1) is 7.95 Å². The highest BCUT2D eigenvalue weighted by molar-refractivity contribution is 5.49. The van der Waals surface area contributed by atoms with Crippen molar-refractivity contribution in [3.63, 3.8) is 0 Å². The van der Waals surface area contributed by atoms with Crippen molar-refractivity contribution < 1.29 is 11.3 Å². The molecule has 1 unspecified atom stereocenters. The van der Waals surface area contributed by atoms with E-state index in [1.165, 1.54) is 0 Å². The molecule has 0 aromatic rings. The van der Waals surface area contributed by atoms with Gasteiger partial charge >= 0.3 is 0 Å². The monoisotopic (exact) mass is 61.0 g/mol. The predicted molar refractivity (Wildman–Crippen MR) is 13.1 cm³/mol. The van der Waals surface area contributed by atoms with Crippen LogP contribution in [0.15, 0.2) is 0 Å². The van der Waals surface area contributed by atoms with Gasteiger partial charge in [-0.15, -0.1) is 0 Å². The number of aliphatic hydroxyl groups is 1. The van der Waals surface area contributed by atoms with Crippen molar-refractivity contribution in [3.8, 4) is 0 Å². The van der Waals surface area contributed by atoms with Gasteiger partial charge in [-0.1, -0.05) is 0 Å². The molecule has 0 saturated heterocycles. The Hall–Kier alpha value is -0.370. The fraction of sp³-hybridized carbons (Fsp3) is 0.500. The summed E-state index contributed by atoms with van der Waals surface area (Å²) in [5.41, 5.74) is 0. The molecule has 0 aromatic carbocycles. The van der Waals surface area contributed by atoms with Crippen molar-refractivity contribution in [1.82, 2.24) is 0 Å². The summed E-state index contributed by atoms with van der Waals surface area (Å²) >= 11 is 0. The van der Waals surface area contributed by atoms with E-state index in [0.29, 0.717) is 0 Å². The smallest absolute Gasteiger partial charge is 0.145 e. The lowest BCUT2D eigenvalue weighted by Crippen LogP contribution is -1.75. The maximum Gasteiger partial charge on any atom is 0.145 e. The molecule has 0 amide bonds. The third kappa shape index (κ3) is 1.63. The van der Waals surface area contributed by atoms with E-state index >= 15 is 0 Å². The van der Waals surface area contributed by atoms with E-state index in [9.17, 15) is 0 Å². The standard InChI is InChI=1S/C2H4O2/c3-1-2-4/h1,4H,2H2/i2D. The topological polar surface area (TPSA) is 37.3 Å². The van der Waals surface area contributed by atoms with Crippen LogP contribution in [0.5, 0.6) is 0 Å². The van der Waals surface area contributed by atoms with E-state index in [1.54, 1.807) is 0 Å². The Morgan fingerprint density at radius 3 is 2.75 bits per heavy atom. The first-order valence-corrected chi connectivity index (χ1v) is 0.827. The van der Waals surface area contributed by atoms with Crippen LogP contribution < -0.4 is 0 Å². The molecule has 0 fully saturated rings. The van der Waals surface area contributed by atoms with Gasteiger partial charge in [-0.2, -0.15) is 0 Å². The molecule has 0 aliphatic rings. The summed E-state index contributed by atoms with van der Waals surface area (Å²) < 4.78 is 6.01. The van der Waals surface area contributed by atoms with E-state index in [0.717, 1.165) is 0 Å². The Labute approximate surface area is 25.5 Å². The van der Waals surface area contributed by atoms with Crippen LogP contribution in [0, 0.1) is 0 Å². The van der Waals surface area contributed by atoms with Crippen LogP contribution in [0.1, 0.15) is 1.37 Å². The van der Waals surface area contributed by atoms with Gasteiger partial charge in [-0.3, -0.25) is 0 Å². The molecule has 0 aromatic heterocycles. The molecule has 2 heteroatoms. The molecular formula is C2H4O2. The lowest BCUT2D eigenvalue weighted by Gasteiger charge is -1.54. The molecule has 1 N–H and O–H groups in total. The maximum absolute atomic E-state index is 9.07. The highest BCUT2D eigenvalue weighted by Crippen LogP contribution is 1.27. The van der Waals surface area contributed by atoms with Gasteiger partial charge < -0.3 is 9.90 Å². The molecule has 0 aliphatic heterocycles. The zero-order valence-corrected chi connectivity index (χ0v) is 2.01. The molecule has 0 spiro atoms. The number of carbonyl (C=O) groups excluding carboxylic acids is 1. The second kappa shape index (κ2) is 2.63. The Balaban J connectivity index is 2.83. The van der Waals surface area contributed by atoms with E-state index in [1.807, 2.05) is 0 Å². The molecule has 0 bridgehead atoms. The quantitative estimate of drug-likeness (QED) is 0.402. The predicted octanol–water partition coefficient (Wildman–Crippen LogP) is -0.822. The van der Waals surface area contributed by atoms with Crippen LogP contribution in [0.25, 0.3) is 0 Å². The van der Waals surface area contributed by atoms with Crippen molar-refractivity contribution in [2.24, 2.45) is 0 Å². The molecule has 4 heavy (non-hydrogen) atoms. The van der Waals surface area contributed by atoms with E-state index in [4.69, 9.17) is 11.3 Å². The molecular weight excluding hydrogens is 56.0 g/mol. The highest BCUT2D eigenvalue weighted by Gasteiger charge is 1.53. The fourth-order valence-electron chi connectivity index (χ4n) is 0. The van der Waals surface area contributed by atoms with Gasteiger partial charge in [0.1, 0.15) is 6.29 Å². The van der Waals surface area contributed by atoms with E-state index < -0.39 is 6.58 Å². The van der Waals surface area contributed by atoms with E-state index in [-0.39, 0.29) is 6.29 Å². The van der Waals surface area contributed by atoms with Crippen LogP contribution in [0.2, 0.25) is 0 Å². The zero-order valence-electron chi connectivity index (χ0n) is 3.01. The molecule has 0 aliphatic carbocycles. The van der Waals surface area contributed by atoms with Crippen molar-refractivity contribution in [1.29, 1.82) is 0 Å². The Morgan fingerprint density at radius 1 is 2.50 bits per heavy atom. The maximum atomic E-state index is 9.07. The average molecular weight is 61.1 g/mol. The average Bonchev–Trinajstić information content (AvgIpc) is 1.38. The first-order valence-electron chi connectivity index (χ1n) is 1.40. The Bertz CT molecular complexity index is 34.6. The van der Waals surface area contributed by atoms with Crippen LogP contribution >= 0.6 is 0 Å². The van der Waals surface area contributed by atoms with Gasteiger partial charge in [-0.05, 0) is 0 Å². The minimum absolute atomic E-state index is 0.139. The minimum Gasteiger partial charge on any atom is -0.389 e. The van der Waals surface area contributed by atoms with Crippen LogP contribution in [0.4, 0.5) is 0 Å².